The lowest BCUT2D eigenvalue weighted by atomic mass is 9.98. The summed E-state index contributed by atoms with van der Waals surface area (Å²) in [4.78, 5) is 4.26. The number of nitrogens with zero attached hydrogens (tertiary/aromatic N) is 1. The van der Waals surface area contributed by atoms with Crippen LogP contribution in [0.25, 0.3) is 0 Å². The number of rotatable bonds is 6. The molecule has 0 fully saturated rings. The molecule has 2 rings (SSSR count). The van der Waals surface area contributed by atoms with Crippen LogP contribution in [0, 0.1) is 6.92 Å². The lowest BCUT2D eigenvalue weighted by Crippen LogP contribution is -2.23. The Morgan fingerprint density at radius 3 is 2.67 bits per heavy atom. The van der Waals surface area contributed by atoms with Crippen LogP contribution < -0.4 is 10.1 Å². The standard InChI is InChI=1S/C17H21ClN2O/c1-4-5-20-17(13-6-12(2)7-15(18)8-13)14-9-16(21-3)11-19-10-14/h6-11,17,20H,4-5H2,1-3H3. The summed E-state index contributed by atoms with van der Waals surface area (Å²) in [5, 5.41) is 4.31. The molecule has 0 amide bonds. The highest BCUT2D eigenvalue weighted by molar-refractivity contribution is 6.30. The van der Waals surface area contributed by atoms with Crippen molar-refractivity contribution < 1.29 is 4.74 Å². The maximum Gasteiger partial charge on any atom is 0.137 e. The van der Waals surface area contributed by atoms with Gasteiger partial charge in [0.15, 0.2) is 0 Å². The minimum absolute atomic E-state index is 0.0601. The number of halogens is 1. The van der Waals surface area contributed by atoms with Gasteiger partial charge in [0.05, 0.1) is 19.3 Å². The van der Waals surface area contributed by atoms with Crippen LogP contribution in [0.4, 0.5) is 0 Å². The third-order valence-electron chi connectivity index (χ3n) is 3.30. The van der Waals surface area contributed by atoms with Crippen LogP contribution in [0.1, 0.15) is 36.1 Å². The molecule has 1 N–H and O–H groups in total. The van der Waals surface area contributed by atoms with E-state index in [1.807, 2.05) is 24.4 Å². The van der Waals surface area contributed by atoms with Gasteiger partial charge in [-0.05, 0) is 54.8 Å². The fourth-order valence-electron chi connectivity index (χ4n) is 2.35. The molecule has 3 nitrogen and oxygen atoms in total. The van der Waals surface area contributed by atoms with Crippen LogP contribution in [0.3, 0.4) is 0 Å². The smallest absolute Gasteiger partial charge is 0.137 e. The molecule has 4 heteroatoms. The van der Waals surface area contributed by atoms with Gasteiger partial charge in [-0.2, -0.15) is 0 Å². The molecule has 0 radical (unpaired) electrons. The van der Waals surface area contributed by atoms with Crippen molar-refractivity contribution in [3.8, 4) is 5.75 Å². The molecule has 112 valence electrons. The van der Waals surface area contributed by atoms with Crippen LogP contribution in [0.15, 0.2) is 36.7 Å². The number of aromatic nitrogens is 1. The molecule has 1 atom stereocenters. The number of hydrogen-bond acceptors (Lipinski definition) is 3. The molecule has 1 unspecified atom stereocenters. The minimum Gasteiger partial charge on any atom is -0.495 e. The fraction of sp³-hybridized carbons (Fsp3) is 0.353. The first-order valence-electron chi connectivity index (χ1n) is 7.13. The summed E-state index contributed by atoms with van der Waals surface area (Å²) in [6, 6.07) is 8.19. The Morgan fingerprint density at radius 2 is 2.00 bits per heavy atom. The zero-order chi connectivity index (χ0) is 15.2. The molecule has 1 aromatic carbocycles. The van der Waals surface area contributed by atoms with E-state index in [4.69, 9.17) is 16.3 Å². The van der Waals surface area contributed by atoms with Gasteiger partial charge in [-0.25, -0.2) is 0 Å². The molecule has 1 heterocycles. The molecule has 1 aromatic heterocycles. The Kier molecular flexibility index (Phi) is 5.59. The predicted molar refractivity (Wildman–Crippen MR) is 87.1 cm³/mol. The second-order valence-corrected chi connectivity index (χ2v) is 5.54. The van der Waals surface area contributed by atoms with Crippen molar-refractivity contribution in [1.82, 2.24) is 10.3 Å². The van der Waals surface area contributed by atoms with Crippen molar-refractivity contribution >= 4 is 11.6 Å². The van der Waals surface area contributed by atoms with Crippen LogP contribution in [-0.2, 0) is 0 Å². The number of nitrogens with one attached hydrogen (secondary N) is 1. The third kappa shape index (κ3) is 4.19. The SMILES string of the molecule is CCCNC(c1cc(C)cc(Cl)c1)c1cncc(OC)c1. The molecular formula is C17H21ClN2O. The fourth-order valence-corrected chi connectivity index (χ4v) is 2.65. The average molecular weight is 305 g/mol. The maximum atomic E-state index is 6.21. The van der Waals surface area contributed by atoms with Crippen molar-refractivity contribution in [1.29, 1.82) is 0 Å². The lowest BCUT2D eigenvalue weighted by Gasteiger charge is -2.20. The van der Waals surface area contributed by atoms with E-state index in [1.54, 1.807) is 13.3 Å². The zero-order valence-electron chi connectivity index (χ0n) is 12.7. The van der Waals surface area contributed by atoms with Gasteiger partial charge in [0.1, 0.15) is 5.75 Å². The molecule has 0 saturated heterocycles. The van der Waals surface area contributed by atoms with Gasteiger partial charge in [-0.1, -0.05) is 24.6 Å². The summed E-state index contributed by atoms with van der Waals surface area (Å²) < 4.78 is 5.28. The summed E-state index contributed by atoms with van der Waals surface area (Å²) in [6.45, 7) is 5.13. The van der Waals surface area contributed by atoms with Gasteiger partial charge in [0.25, 0.3) is 0 Å². The topological polar surface area (TPSA) is 34.2 Å². The molecule has 21 heavy (non-hydrogen) atoms. The van der Waals surface area contributed by atoms with Gasteiger partial charge >= 0.3 is 0 Å². The second kappa shape index (κ2) is 7.43. The molecule has 0 spiro atoms. The van der Waals surface area contributed by atoms with Gasteiger partial charge < -0.3 is 10.1 Å². The molecule has 0 bridgehead atoms. The molecule has 0 aliphatic carbocycles. The number of ether oxygens (including phenoxy) is 1. The Labute approximate surface area is 131 Å². The first-order chi connectivity index (χ1) is 10.1. The highest BCUT2D eigenvalue weighted by atomic mass is 35.5. The molecule has 0 saturated carbocycles. The predicted octanol–water partition coefficient (Wildman–Crippen LogP) is 4.14. The van der Waals surface area contributed by atoms with Gasteiger partial charge in [0.2, 0.25) is 0 Å². The Bertz CT molecular complexity index is 581. The van der Waals surface area contributed by atoms with Crippen LogP contribution >= 0.6 is 11.6 Å². The summed E-state index contributed by atoms with van der Waals surface area (Å²) >= 11 is 6.21. The Morgan fingerprint density at radius 1 is 1.19 bits per heavy atom. The first kappa shape index (κ1) is 15.8. The zero-order valence-corrected chi connectivity index (χ0v) is 13.4. The second-order valence-electron chi connectivity index (χ2n) is 5.11. The van der Waals surface area contributed by atoms with Crippen LogP contribution in [0.2, 0.25) is 5.02 Å². The Hall–Kier alpha value is -1.58. The lowest BCUT2D eigenvalue weighted by molar-refractivity contribution is 0.411. The largest absolute Gasteiger partial charge is 0.495 e. The van der Waals surface area contributed by atoms with Crippen molar-refractivity contribution in [3.05, 3.63) is 58.4 Å². The molecular weight excluding hydrogens is 284 g/mol. The summed E-state index contributed by atoms with van der Waals surface area (Å²) in [7, 11) is 1.65. The van der Waals surface area contributed by atoms with E-state index in [0.29, 0.717) is 0 Å². The van der Waals surface area contributed by atoms with Gasteiger partial charge in [-0.15, -0.1) is 0 Å². The van der Waals surface area contributed by atoms with Crippen molar-refractivity contribution in [2.45, 2.75) is 26.3 Å². The average Bonchev–Trinajstić information content (AvgIpc) is 2.47. The maximum absolute atomic E-state index is 6.21. The van der Waals surface area contributed by atoms with Crippen molar-refractivity contribution in [2.75, 3.05) is 13.7 Å². The summed E-state index contributed by atoms with van der Waals surface area (Å²) in [5.74, 6) is 0.759. The molecule has 0 aliphatic rings. The number of methoxy groups -OCH3 is 1. The van der Waals surface area contributed by atoms with Gasteiger partial charge in [0, 0.05) is 11.2 Å². The van der Waals surface area contributed by atoms with Gasteiger partial charge in [-0.3, -0.25) is 4.98 Å². The highest BCUT2D eigenvalue weighted by Gasteiger charge is 2.15. The normalized spacial score (nSPS) is 12.2. The van der Waals surface area contributed by atoms with E-state index in [1.165, 1.54) is 0 Å². The van der Waals surface area contributed by atoms with Crippen molar-refractivity contribution in [2.24, 2.45) is 0 Å². The molecule has 2 aromatic rings. The van der Waals surface area contributed by atoms with Crippen LogP contribution in [-0.4, -0.2) is 18.6 Å². The quantitative estimate of drug-likeness (QED) is 0.871. The number of pyridine rings is 1. The van der Waals surface area contributed by atoms with Crippen LogP contribution in [0.5, 0.6) is 5.75 Å². The van der Waals surface area contributed by atoms with E-state index in [2.05, 4.69) is 30.2 Å². The number of benzene rings is 1. The van der Waals surface area contributed by atoms with E-state index in [9.17, 15) is 0 Å². The van der Waals surface area contributed by atoms with Crippen molar-refractivity contribution in [3.63, 3.8) is 0 Å². The monoisotopic (exact) mass is 304 g/mol. The first-order valence-corrected chi connectivity index (χ1v) is 7.51. The molecule has 0 aliphatic heterocycles. The summed E-state index contributed by atoms with van der Waals surface area (Å²) in [6.07, 6.45) is 4.64. The van der Waals surface area contributed by atoms with E-state index in [0.717, 1.165) is 40.4 Å². The minimum atomic E-state index is 0.0601. The number of aryl methyl sites for hydroxylation is 1. The van der Waals surface area contributed by atoms with E-state index in [-0.39, 0.29) is 6.04 Å². The summed E-state index contributed by atoms with van der Waals surface area (Å²) in [5.41, 5.74) is 3.37. The van der Waals surface area contributed by atoms with E-state index < -0.39 is 0 Å². The Balaban J connectivity index is 2.41. The third-order valence-corrected chi connectivity index (χ3v) is 3.52. The highest BCUT2D eigenvalue weighted by Crippen LogP contribution is 2.27. The van der Waals surface area contributed by atoms with E-state index >= 15 is 0 Å². The number of hydrogen-bond donors (Lipinski definition) is 1.